The molecule has 523 valence electrons. The van der Waals surface area contributed by atoms with E-state index in [4.69, 9.17) is 28.5 Å². The molecule has 12 aromatic carbocycles. The third-order valence-corrected chi connectivity index (χ3v) is 26.7. The third-order valence-electron chi connectivity index (χ3n) is 16.5. The Bertz CT molecular complexity index is 5670. The zero-order valence-electron chi connectivity index (χ0n) is 59.4. The fourth-order valence-electron chi connectivity index (χ4n) is 11.1. The number of hydrogen-bond donors (Lipinski definition) is 0. The average molecular weight is 1940 g/mol. The van der Waals surface area contributed by atoms with Gasteiger partial charge in [-0.1, -0.05) is 0 Å². The van der Waals surface area contributed by atoms with Crippen molar-refractivity contribution in [1.82, 2.24) is 24.9 Å². The van der Waals surface area contributed by atoms with Crippen molar-refractivity contribution >= 4 is 173 Å². The summed E-state index contributed by atoms with van der Waals surface area (Å²) in [7, 11) is 0. The number of para-hydroxylation sites is 7. The molecule has 0 aliphatic carbocycles. The molecule has 0 N–H and O–H groups in total. The van der Waals surface area contributed by atoms with Crippen LogP contribution < -0.4 is 28.5 Å². The fraction of sp³-hybridized carbons (Fsp3) is 0.0225. The molecule has 0 atom stereocenters. The van der Waals surface area contributed by atoms with Crippen LogP contribution in [0.1, 0.15) is 11.1 Å². The van der Waals surface area contributed by atoms with Crippen LogP contribution in [0.3, 0.4) is 0 Å². The molecule has 0 amide bonds. The molecule has 0 aliphatic heterocycles. The van der Waals surface area contributed by atoms with Crippen LogP contribution in [-0.4, -0.2) is 144 Å². The van der Waals surface area contributed by atoms with Crippen molar-refractivity contribution in [2.24, 2.45) is 0 Å². The second kappa shape index (κ2) is 41.6. The third kappa shape index (κ3) is 23.1. The SMILES string of the molecule is Cc1ccc([O][In][O]c2cccc3cccnc23)cc1.Cc1ccccc1[O][In][O]c1cccc2cccnc12.c1ccc(-c2ccc([O][In][O]c3cccc4cccnc34)cc2)cc1.c1ccc(-c2cccc([O][In][O]c3cccc4cccnc34)c2)cc1.c1ccc([O][In][O]c2cccc3cccnc23)cc1. The predicted octanol–water partition coefficient (Wildman–Crippen LogP) is 20.1. The van der Waals surface area contributed by atoms with Gasteiger partial charge in [-0.05, 0) is 0 Å². The van der Waals surface area contributed by atoms with Gasteiger partial charge in [-0.25, -0.2) is 0 Å². The van der Waals surface area contributed by atoms with Crippen LogP contribution in [0.2, 0.25) is 0 Å². The summed E-state index contributed by atoms with van der Waals surface area (Å²) in [5.41, 5.74) is 11.5. The van der Waals surface area contributed by atoms with E-state index in [1.165, 1.54) is 22.3 Å². The normalized spacial score (nSPS) is 10.3. The minimum atomic E-state index is -1.70. The first-order valence-electron chi connectivity index (χ1n) is 34.8. The monoisotopic (exact) mass is 1940 g/mol. The average Bonchev–Trinajstić information content (AvgIpc) is 0.875. The number of fused-ring (bicyclic) bond motifs is 5. The Hall–Kier alpha value is -9.96. The second-order valence-electron chi connectivity index (χ2n) is 24.0. The molecule has 0 fully saturated rings. The van der Waals surface area contributed by atoms with Crippen LogP contribution in [0.5, 0.6) is 57.5 Å². The first kappa shape index (κ1) is 77.2. The van der Waals surface area contributed by atoms with E-state index in [1.807, 2.05) is 298 Å². The Labute approximate surface area is 694 Å². The van der Waals surface area contributed by atoms with Crippen molar-refractivity contribution in [3.63, 3.8) is 0 Å². The molecule has 0 saturated heterocycles. The summed E-state index contributed by atoms with van der Waals surface area (Å²) in [5, 5.41) is 5.42. The Morgan fingerprint density at radius 2 is 0.450 bits per heavy atom. The summed E-state index contributed by atoms with van der Waals surface area (Å²) >= 11 is -8.18. The van der Waals surface area contributed by atoms with E-state index >= 15 is 0 Å². The van der Waals surface area contributed by atoms with E-state index < -0.39 is 119 Å². The molecular formula is C89H67In5N5O10. The molecular weight excluding hydrogens is 1870 g/mol. The van der Waals surface area contributed by atoms with Gasteiger partial charge in [0.15, 0.2) is 0 Å². The summed E-state index contributed by atoms with van der Waals surface area (Å²) in [6.45, 7) is 4.10. The number of hydrogen-bond acceptors (Lipinski definition) is 15. The maximum absolute atomic E-state index is 5.97. The molecule has 15 nitrogen and oxygen atoms in total. The van der Waals surface area contributed by atoms with Crippen molar-refractivity contribution in [2.45, 2.75) is 13.8 Å². The molecule has 17 aromatic rings. The number of rotatable bonds is 22. The zero-order valence-corrected chi connectivity index (χ0v) is 75.9. The molecule has 5 radical (unpaired) electrons. The van der Waals surface area contributed by atoms with Crippen molar-refractivity contribution in [3.8, 4) is 79.7 Å². The number of pyridine rings is 5. The van der Waals surface area contributed by atoms with Crippen LogP contribution >= 0.6 is 0 Å². The van der Waals surface area contributed by atoms with Gasteiger partial charge in [0, 0.05) is 0 Å². The molecule has 0 saturated carbocycles. The summed E-state index contributed by atoms with van der Waals surface area (Å²) in [4.78, 5) is 21.9. The molecule has 0 spiro atoms. The summed E-state index contributed by atoms with van der Waals surface area (Å²) in [5.74, 6) is 8.44. The van der Waals surface area contributed by atoms with Crippen LogP contribution in [-0.2, 0) is 0 Å². The van der Waals surface area contributed by atoms with E-state index in [9.17, 15) is 0 Å². The first-order valence-corrected chi connectivity index (χ1v) is 48.3. The summed E-state index contributed by atoms with van der Waals surface area (Å²) in [6.07, 6.45) is 8.91. The molecule has 0 aliphatic rings. The number of benzene rings is 12. The van der Waals surface area contributed by atoms with Gasteiger partial charge in [0.1, 0.15) is 0 Å². The molecule has 17 rings (SSSR count). The predicted molar refractivity (Wildman–Crippen MR) is 436 cm³/mol. The van der Waals surface area contributed by atoms with Gasteiger partial charge in [-0.2, -0.15) is 0 Å². The topological polar surface area (TPSA) is 157 Å². The van der Waals surface area contributed by atoms with Crippen LogP contribution in [0.25, 0.3) is 76.8 Å². The van der Waals surface area contributed by atoms with Gasteiger partial charge in [-0.3, -0.25) is 0 Å². The fourth-order valence-corrected chi connectivity index (χ4v) is 20.0. The quantitative estimate of drug-likeness (QED) is 0.0631. The standard InChI is InChI=1S/2C12H10O.5C9H7NO.2C7H8O.C6H6O.5In/c13-12-8-4-7-11(9-12)10-5-2-1-3-6-10;13-12-8-6-11(7-9-12)10-4-2-1-3-5-10;5*11-8-5-1-3-7-4-2-6-10-9(7)8;1-6-2-4-7(8)5-3-6;1-6-4-2-3-5-7(6)8;7-6-4-2-1-3-5-6;;;;;/h2*1-9,13H;5*1-6,11H;2*2-5,8H,1H3;1-5,7H;;;;;/q;;;;;;;;;;5*+2/p-10. The van der Waals surface area contributed by atoms with Crippen molar-refractivity contribution in [1.29, 1.82) is 0 Å². The molecule has 109 heavy (non-hydrogen) atoms. The number of aromatic nitrogens is 5. The van der Waals surface area contributed by atoms with Gasteiger partial charge in [-0.15, -0.1) is 0 Å². The summed E-state index contributed by atoms with van der Waals surface area (Å²) < 4.78 is 58.6. The van der Waals surface area contributed by atoms with Gasteiger partial charge in [0.05, 0.1) is 0 Å². The van der Waals surface area contributed by atoms with E-state index in [0.717, 1.165) is 123 Å². The van der Waals surface area contributed by atoms with Crippen LogP contribution in [0.4, 0.5) is 0 Å². The molecule has 5 heterocycles. The van der Waals surface area contributed by atoms with Gasteiger partial charge in [0.25, 0.3) is 0 Å². The van der Waals surface area contributed by atoms with E-state index in [1.54, 1.807) is 31.0 Å². The maximum atomic E-state index is 5.97. The zero-order chi connectivity index (χ0) is 74.3. The van der Waals surface area contributed by atoms with Gasteiger partial charge in [0.2, 0.25) is 0 Å². The number of aryl methyl sites for hydroxylation is 2. The van der Waals surface area contributed by atoms with Gasteiger partial charge >= 0.3 is 702 Å². The summed E-state index contributed by atoms with van der Waals surface area (Å²) in [6, 6.07) is 112. The number of nitrogens with zero attached hydrogens (tertiary/aromatic N) is 5. The first-order chi connectivity index (χ1) is 53.9. The van der Waals surface area contributed by atoms with E-state index in [0.29, 0.717) is 0 Å². The van der Waals surface area contributed by atoms with Crippen molar-refractivity contribution in [2.75, 3.05) is 0 Å². The molecule has 20 heteroatoms. The Balaban J connectivity index is 0.000000121. The molecule has 0 unspecified atom stereocenters. The van der Waals surface area contributed by atoms with E-state index in [-0.39, 0.29) is 0 Å². The Kier molecular flexibility index (Phi) is 29.4. The Morgan fingerprint density at radius 3 is 0.835 bits per heavy atom. The Morgan fingerprint density at radius 1 is 0.193 bits per heavy atom. The van der Waals surface area contributed by atoms with Crippen molar-refractivity contribution in [3.05, 3.63) is 382 Å². The van der Waals surface area contributed by atoms with E-state index in [2.05, 4.69) is 80.4 Å². The van der Waals surface area contributed by atoms with Crippen LogP contribution in [0.15, 0.2) is 371 Å². The van der Waals surface area contributed by atoms with Crippen LogP contribution in [0, 0.1) is 13.8 Å². The molecule has 0 bridgehead atoms. The molecule has 5 aromatic heterocycles. The van der Waals surface area contributed by atoms with Gasteiger partial charge < -0.3 is 0 Å². The minimum absolute atomic E-state index is 0.804. The van der Waals surface area contributed by atoms with Crippen molar-refractivity contribution < 1.29 is 28.5 Å². The second-order valence-corrected chi connectivity index (χ2v) is 33.5.